The third-order valence-electron chi connectivity index (χ3n) is 5.33. The number of aromatic nitrogens is 1. The van der Waals surface area contributed by atoms with Gasteiger partial charge >= 0.3 is 0 Å². The number of amidine groups is 1. The maximum absolute atomic E-state index is 12.8. The molecule has 1 atom stereocenters. The molecule has 146 valence electrons. The van der Waals surface area contributed by atoms with Crippen molar-refractivity contribution in [1.29, 1.82) is 0 Å². The molecular formula is C22H27N5O. The van der Waals surface area contributed by atoms with Crippen LogP contribution in [0.25, 0.3) is 0 Å². The number of nitrogens with zero attached hydrogens (tertiary/aromatic N) is 3. The second kappa shape index (κ2) is 6.93. The first-order valence-electron chi connectivity index (χ1n) is 9.76. The fourth-order valence-electron chi connectivity index (χ4n) is 3.85. The predicted molar refractivity (Wildman–Crippen MR) is 112 cm³/mol. The van der Waals surface area contributed by atoms with E-state index in [1.54, 1.807) is 6.20 Å². The maximum atomic E-state index is 12.8. The molecule has 6 nitrogen and oxygen atoms in total. The molecule has 0 radical (unpaired) electrons. The van der Waals surface area contributed by atoms with Gasteiger partial charge in [0.25, 0.3) is 0 Å². The Hall–Kier alpha value is -2.89. The van der Waals surface area contributed by atoms with E-state index in [0.717, 1.165) is 29.3 Å². The van der Waals surface area contributed by atoms with Gasteiger partial charge in [0, 0.05) is 18.2 Å². The van der Waals surface area contributed by atoms with Crippen LogP contribution in [0.3, 0.4) is 0 Å². The fourth-order valence-corrected chi connectivity index (χ4v) is 3.85. The Kier molecular flexibility index (Phi) is 4.57. The van der Waals surface area contributed by atoms with Crippen molar-refractivity contribution in [3.05, 3.63) is 54.2 Å². The third-order valence-corrected chi connectivity index (χ3v) is 5.33. The molecule has 1 amide bonds. The van der Waals surface area contributed by atoms with Crippen molar-refractivity contribution < 1.29 is 4.79 Å². The number of benzene rings is 1. The summed E-state index contributed by atoms with van der Waals surface area (Å²) in [7, 11) is 0. The lowest BCUT2D eigenvalue weighted by molar-refractivity contribution is -0.138. The van der Waals surface area contributed by atoms with Crippen molar-refractivity contribution in [2.45, 2.75) is 39.3 Å². The Bertz CT molecular complexity index is 903. The maximum Gasteiger partial charge on any atom is 0.228 e. The molecule has 1 aromatic carbocycles. The first kappa shape index (κ1) is 18.5. The Morgan fingerprint density at radius 1 is 1.21 bits per heavy atom. The summed E-state index contributed by atoms with van der Waals surface area (Å²) in [5.74, 6) is 1.80. The fraction of sp³-hybridized carbons (Fsp3) is 0.409. The molecule has 2 aliphatic rings. The summed E-state index contributed by atoms with van der Waals surface area (Å²) in [4.78, 5) is 24.1. The van der Waals surface area contributed by atoms with Crippen LogP contribution in [0.5, 0.6) is 0 Å². The van der Waals surface area contributed by atoms with E-state index in [0.29, 0.717) is 19.6 Å². The van der Waals surface area contributed by atoms with E-state index >= 15 is 0 Å². The van der Waals surface area contributed by atoms with Gasteiger partial charge in [-0.3, -0.25) is 9.79 Å². The lowest BCUT2D eigenvalue weighted by Gasteiger charge is -2.38. The van der Waals surface area contributed by atoms with Crippen molar-refractivity contribution in [2.75, 3.05) is 23.7 Å². The summed E-state index contributed by atoms with van der Waals surface area (Å²) in [6.45, 7) is 7.80. The normalized spacial score (nSPS) is 22.7. The number of amides is 1. The highest BCUT2D eigenvalue weighted by molar-refractivity contribution is 6.09. The number of anilines is 2. The van der Waals surface area contributed by atoms with Gasteiger partial charge in [-0.15, -0.1) is 0 Å². The lowest BCUT2D eigenvalue weighted by atomic mass is 9.93. The third kappa shape index (κ3) is 3.46. The molecule has 2 aliphatic heterocycles. The van der Waals surface area contributed by atoms with E-state index in [1.165, 1.54) is 0 Å². The zero-order chi connectivity index (χ0) is 19.8. The zero-order valence-electron chi connectivity index (χ0n) is 16.7. The molecule has 0 aliphatic carbocycles. The minimum Gasteiger partial charge on any atom is -0.368 e. The van der Waals surface area contributed by atoms with Crippen LogP contribution < -0.4 is 10.6 Å². The quantitative estimate of drug-likeness (QED) is 0.840. The molecule has 0 saturated carbocycles. The Labute approximate surface area is 166 Å². The molecule has 2 N–H and O–H groups in total. The van der Waals surface area contributed by atoms with Gasteiger partial charge < -0.3 is 15.5 Å². The van der Waals surface area contributed by atoms with E-state index < -0.39 is 11.0 Å². The van der Waals surface area contributed by atoms with Gasteiger partial charge in [-0.05, 0) is 24.1 Å². The minimum atomic E-state index is -0.411. The number of hydrogen-bond acceptors (Lipinski definition) is 4. The number of carbonyl (C=O) groups excluding carboxylic acids is 1. The smallest absolute Gasteiger partial charge is 0.228 e. The summed E-state index contributed by atoms with van der Waals surface area (Å²) in [5.41, 5.74) is 1.30. The van der Waals surface area contributed by atoms with Gasteiger partial charge in [0.1, 0.15) is 11.4 Å². The molecule has 0 bridgehead atoms. The van der Waals surface area contributed by atoms with Gasteiger partial charge in [-0.25, -0.2) is 4.98 Å². The van der Waals surface area contributed by atoms with Crippen molar-refractivity contribution in [3.63, 3.8) is 0 Å². The van der Waals surface area contributed by atoms with E-state index in [-0.39, 0.29) is 5.91 Å². The average Bonchev–Trinajstić information content (AvgIpc) is 3.10. The molecule has 4 rings (SSSR count). The number of nitrogens with one attached hydrogen (secondary N) is 2. The molecular weight excluding hydrogens is 350 g/mol. The van der Waals surface area contributed by atoms with E-state index in [1.807, 2.05) is 56.0 Å². The van der Waals surface area contributed by atoms with Gasteiger partial charge in [0.2, 0.25) is 5.91 Å². The Balaban J connectivity index is 1.65. The monoisotopic (exact) mass is 377 g/mol. The Morgan fingerprint density at radius 2 is 2.00 bits per heavy atom. The molecule has 28 heavy (non-hydrogen) atoms. The molecule has 1 fully saturated rings. The van der Waals surface area contributed by atoms with Crippen molar-refractivity contribution in [1.82, 2.24) is 9.88 Å². The number of pyridine rings is 1. The van der Waals surface area contributed by atoms with Gasteiger partial charge in [0.15, 0.2) is 5.82 Å². The SMILES string of the molecule is CC(C)(C)C(=O)N1CCC2(C1)Nc1cccnc1NC2=NCc1ccccc1. The molecule has 1 unspecified atom stereocenters. The summed E-state index contributed by atoms with van der Waals surface area (Å²) in [5, 5.41) is 7.08. The number of fused-ring (bicyclic) bond motifs is 1. The number of hydrogen-bond donors (Lipinski definition) is 2. The largest absolute Gasteiger partial charge is 0.368 e. The van der Waals surface area contributed by atoms with Gasteiger partial charge in [-0.1, -0.05) is 51.1 Å². The number of rotatable bonds is 2. The Morgan fingerprint density at radius 3 is 2.75 bits per heavy atom. The zero-order valence-corrected chi connectivity index (χ0v) is 16.7. The lowest BCUT2D eigenvalue weighted by Crippen LogP contribution is -2.55. The second-order valence-corrected chi connectivity index (χ2v) is 8.61. The van der Waals surface area contributed by atoms with E-state index in [2.05, 4.69) is 27.8 Å². The van der Waals surface area contributed by atoms with Crippen LogP contribution in [0.4, 0.5) is 11.5 Å². The number of aliphatic imine (C=N–C) groups is 1. The molecule has 1 spiro atoms. The molecule has 6 heteroatoms. The number of likely N-dealkylation sites (tertiary alicyclic amines) is 1. The van der Waals surface area contributed by atoms with Crippen molar-refractivity contribution in [2.24, 2.45) is 10.4 Å². The van der Waals surface area contributed by atoms with E-state index in [9.17, 15) is 4.79 Å². The van der Waals surface area contributed by atoms with Crippen LogP contribution in [0.1, 0.15) is 32.8 Å². The van der Waals surface area contributed by atoms with E-state index in [4.69, 9.17) is 4.99 Å². The summed E-state index contributed by atoms with van der Waals surface area (Å²) >= 11 is 0. The molecule has 1 aromatic heterocycles. The summed E-state index contributed by atoms with van der Waals surface area (Å²) in [6.07, 6.45) is 2.58. The highest BCUT2D eigenvalue weighted by Crippen LogP contribution is 2.36. The number of carbonyl (C=O) groups is 1. The molecule has 2 aromatic rings. The predicted octanol–water partition coefficient (Wildman–Crippen LogP) is 3.53. The highest BCUT2D eigenvalue weighted by atomic mass is 16.2. The topological polar surface area (TPSA) is 69.6 Å². The van der Waals surface area contributed by atoms with Crippen LogP contribution in [0.2, 0.25) is 0 Å². The molecule has 1 saturated heterocycles. The van der Waals surface area contributed by atoms with Crippen LogP contribution in [-0.2, 0) is 11.3 Å². The van der Waals surface area contributed by atoms with Crippen LogP contribution in [0.15, 0.2) is 53.7 Å². The van der Waals surface area contributed by atoms with Crippen LogP contribution >= 0.6 is 0 Å². The van der Waals surface area contributed by atoms with Gasteiger partial charge in [-0.2, -0.15) is 0 Å². The summed E-state index contributed by atoms with van der Waals surface area (Å²) in [6, 6.07) is 14.1. The second-order valence-electron chi connectivity index (χ2n) is 8.61. The van der Waals surface area contributed by atoms with Crippen LogP contribution in [-0.4, -0.2) is 40.3 Å². The first-order chi connectivity index (χ1) is 13.4. The minimum absolute atomic E-state index is 0.172. The highest BCUT2D eigenvalue weighted by Gasteiger charge is 2.48. The van der Waals surface area contributed by atoms with Crippen molar-refractivity contribution >= 4 is 23.2 Å². The average molecular weight is 377 g/mol. The summed E-state index contributed by atoms with van der Waals surface area (Å²) < 4.78 is 0. The standard InChI is InChI=1S/C22H27N5O/c1-21(2,3)20(28)27-13-11-22(15-27)19(24-14-16-8-5-4-6-9-16)25-18-17(26-22)10-7-12-23-18/h4-10,12,26H,11,13-15H2,1-3H3,(H,23,24,25). The molecule has 3 heterocycles. The van der Waals surface area contributed by atoms with Gasteiger partial charge in [0.05, 0.1) is 18.8 Å². The van der Waals surface area contributed by atoms with Crippen molar-refractivity contribution in [3.8, 4) is 0 Å². The first-order valence-corrected chi connectivity index (χ1v) is 9.76. The van der Waals surface area contributed by atoms with Crippen LogP contribution in [0, 0.1) is 5.41 Å².